The average Bonchev–Trinajstić information content (AvgIpc) is 2.96. The molecule has 0 aliphatic carbocycles. The summed E-state index contributed by atoms with van der Waals surface area (Å²) < 4.78 is 3.88. The number of fused-ring (bicyclic) bond motifs is 1. The average molecular weight is 276 g/mol. The first kappa shape index (κ1) is 12.2. The monoisotopic (exact) mass is 275 g/mol. The Morgan fingerprint density at radius 3 is 2.95 bits per heavy atom. The van der Waals surface area contributed by atoms with Crippen molar-refractivity contribution in [2.75, 3.05) is 5.88 Å². The van der Waals surface area contributed by atoms with E-state index >= 15 is 0 Å². The third-order valence-electron chi connectivity index (χ3n) is 2.99. The number of nitrogens with zero attached hydrogens (tertiary/aromatic N) is 5. The number of hydrogen-bond donors (Lipinski definition) is 0. The summed E-state index contributed by atoms with van der Waals surface area (Å²) in [5.74, 6) is 1.50. The molecule has 0 saturated carbocycles. The van der Waals surface area contributed by atoms with Gasteiger partial charge in [-0.25, -0.2) is 9.97 Å². The van der Waals surface area contributed by atoms with Crippen molar-refractivity contribution in [2.45, 2.75) is 13.0 Å². The van der Waals surface area contributed by atoms with Crippen LogP contribution >= 0.6 is 11.6 Å². The zero-order valence-corrected chi connectivity index (χ0v) is 11.4. The van der Waals surface area contributed by atoms with E-state index in [-0.39, 0.29) is 0 Å². The Labute approximate surface area is 115 Å². The van der Waals surface area contributed by atoms with Crippen molar-refractivity contribution in [3.63, 3.8) is 0 Å². The second-order valence-electron chi connectivity index (χ2n) is 4.38. The molecule has 0 unspecified atom stereocenters. The lowest BCUT2D eigenvalue weighted by atomic mass is 10.4. The summed E-state index contributed by atoms with van der Waals surface area (Å²) in [7, 11) is 1.91. The van der Waals surface area contributed by atoms with E-state index in [1.165, 1.54) is 0 Å². The van der Waals surface area contributed by atoms with Crippen LogP contribution in [0, 0.1) is 0 Å². The molecule has 0 radical (unpaired) electrons. The number of alkyl halides is 1. The fourth-order valence-electron chi connectivity index (χ4n) is 2.16. The van der Waals surface area contributed by atoms with Crippen LogP contribution < -0.4 is 0 Å². The van der Waals surface area contributed by atoms with Crippen molar-refractivity contribution in [2.24, 2.45) is 7.05 Å². The van der Waals surface area contributed by atoms with Crippen molar-refractivity contribution in [3.8, 4) is 0 Å². The fourth-order valence-corrected chi connectivity index (χ4v) is 2.33. The van der Waals surface area contributed by atoms with Crippen molar-refractivity contribution in [1.29, 1.82) is 0 Å². The zero-order chi connectivity index (χ0) is 13.2. The van der Waals surface area contributed by atoms with Gasteiger partial charge in [0.2, 0.25) is 0 Å². The molecular weight excluding hydrogens is 262 g/mol. The van der Waals surface area contributed by atoms with Gasteiger partial charge in [-0.15, -0.1) is 11.6 Å². The van der Waals surface area contributed by atoms with Crippen LogP contribution in [0.4, 0.5) is 0 Å². The van der Waals surface area contributed by atoms with E-state index < -0.39 is 0 Å². The van der Waals surface area contributed by atoms with E-state index in [1.54, 1.807) is 10.9 Å². The van der Waals surface area contributed by atoms with Gasteiger partial charge in [-0.2, -0.15) is 5.10 Å². The molecule has 98 valence electrons. The van der Waals surface area contributed by atoms with Crippen LogP contribution in [0.25, 0.3) is 11.2 Å². The van der Waals surface area contributed by atoms with Gasteiger partial charge in [0.25, 0.3) is 0 Å². The molecule has 0 aliphatic rings. The Balaban J connectivity index is 2.06. The second-order valence-corrected chi connectivity index (χ2v) is 4.76. The minimum absolute atomic E-state index is 0.547. The minimum Gasteiger partial charge on any atom is -0.307 e. The lowest BCUT2D eigenvalue weighted by molar-refractivity contribution is 0.690. The fraction of sp³-hybridized carbons (Fsp3) is 0.308. The quantitative estimate of drug-likeness (QED) is 0.684. The molecule has 0 aromatic carbocycles. The summed E-state index contributed by atoms with van der Waals surface area (Å²) in [5, 5.41) is 4.40. The Hall–Kier alpha value is -1.88. The summed E-state index contributed by atoms with van der Waals surface area (Å²) >= 11 is 5.85. The standard InChI is InChI=1S/C13H14ClN5/c1-18-8-5-10(17-18)9-19-12(4-6-14)16-11-3-2-7-15-13(11)19/h2-3,5,7-8H,4,6,9H2,1H3. The molecule has 19 heavy (non-hydrogen) atoms. The Kier molecular flexibility index (Phi) is 3.21. The molecule has 0 bridgehead atoms. The maximum absolute atomic E-state index is 5.85. The Morgan fingerprint density at radius 1 is 1.32 bits per heavy atom. The van der Waals surface area contributed by atoms with E-state index in [4.69, 9.17) is 11.6 Å². The Morgan fingerprint density at radius 2 is 2.21 bits per heavy atom. The van der Waals surface area contributed by atoms with Gasteiger partial charge in [0.1, 0.15) is 11.3 Å². The zero-order valence-electron chi connectivity index (χ0n) is 10.6. The van der Waals surface area contributed by atoms with Crippen molar-refractivity contribution in [1.82, 2.24) is 24.3 Å². The summed E-state index contributed by atoms with van der Waals surface area (Å²) in [6.45, 7) is 0.667. The first-order valence-electron chi connectivity index (χ1n) is 6.12. The van der Waals surface area contributed by atoms with Crippen LogP contribution in [-0.4, -0.2) is 30.2 Å². The van der Waals surface area contributed by atoms with Crippen molar-refractivity contribution >= 4 is 22.8 Å². The van der Waals surface area contributed by atoms with Gasteiger partial charge in [0.15, 0.2) is 5.65 Å². The normalized spacial score (nSPS) is 11.3. The number of rotatable bonds is 4. The smallest absolute Gasteiger partial charge is 0.160 e. The van der Waals surface area contributed by atoms with Crippen LogP contribution in [0.1, 0.15) is 11.5 Å². The molecule has 0 aliphatic heterocycles. The summed E-state index contributed by atoms with van der Waals surface area (Å²) in [6, 6.07) is 5.86. The lowest BCUT2D eigenvalue weighted by Crippen LogP contribution is -2.07. The van der Waals surface area contributed by atoms with Gasteiger partial charge >= 0.3 is 0 Å². The first-order chi connectivity index (χ1) is 9.28. The molecule has 3 aromatic heterocycles. The topological polar surface area (TPSA) is 48.5 Å². The SMILES string of the molecule is Cn1ccc(Cn2c(CCCl)nc3cccnc32)n1. The van der Waals surface area contributed by atoms with Gasteiger partial charge in [0.05, 0.1) is 12.2 Å². The number of pyridine rings is 1. The first-order valence-corrected chi connectivity index (χ1v) is 6.66. The van der Waals surface area contributed by atoms with E-state index in [0.717, 1.165) is 29.1 Å². The van der Waals surface area contributed by atoms with E-state index in [2.05, 4.69) is 19.6 Å². The van der Waals surface area contributed by atoms with Gasteiger partial charge < -0.3 is 4.57 Å². The second kappa shape index (κ2) is 5.01. The van der Waals surface area contributed by atoms with E-state index in [1.807, 2.05) is 31.4 Å². The van der Waals surface area contributed by atoms with Gasteiger partial charge in [0, 0.05) is 31.7 Å². The van der Waals surface area contributed by atoms with Crippen LogP contribution in [-0.2, 0) is 20.0 Å². The maximum atomic E-state index is 5.85. The number of imidazole rings is 1. The molecule has 0 atom stereocenters. The summed E-state index contributed by atoms with van der Waals surface area (Å²) in [4.78, 5) is 9.00. The van der Waals surface area contributed by atoms with Crippen LogP contribution in [0.2, 0.25) is 0 Å². The highest BCUT2D eigenvalue weighted by molar-refractivity contribution is 6.17. The largest absolute Gasteiger partial charge is 0.307 e. The third kappa shape index (κ3) is 2.33. The van der Waals surface area contributed by atoms with Gasteiger partial charge in [-0.1, -0.05) is 0 Å². The predicted octanol–water partition coefficient (Wildman–Crippen LogP) is 1.99. The van der Waals surface area contributed by atoms with Crippen LogP contribution in [0.3, 0.4) is 0 Å². The third-order valence-corrected chi connectivity index (χ3v) is 3.18. The maximum Gasteiger partial charge on any atom is 0.160 e. The molecule has 5 nitrogen and oxygen atoms in total. The highest BCUT2D eigenvalue weighted by atomic mass is 35.5. The van der Waals surface area contributed by atoms with Crippen LogP contribution in [0.5, 0.6) is 0 Å². The molecule has 0 amide bonds. The molecule has 3 rings (SSSR count). The van der Waals surface area contributed by atoms with Crippen LogP contribution in [0.15, 0.2) is 30.6 Å². The number of aromatic nitrogens is 5. The molecular formula is C13H14ClN5. The molecule has 0 spiro atoms. The number of hydrogen-bond acceptors (Lipinski definition) is 3. The highest BCUT2D eigenvalue weighted by Crippen LogP contribution is 2.16. The van der Waals surface area contributed by atoms with Gasteiger partial charge in [-0.05, 0) is 18.2 Å². The lowest BCUT2D eigenvalue weighted by Gasteiger charge is -2.05. The molecule has 0 N–H and O–H groups in total. The molecule has 3 aromatic rings. The Bertz CT molecular complexity index is 700. The molecule has 6 heteroatoms. The van der Waals surface area contributed by atoms with Crippen molar-refractivity contribution in [3.05, 3.63) is 42.1 Å². The minimum atomic E-state index is 0.547. The number of aryl methyl sites for hydroxylation is 2. The number of halogens is 1. The van der Waals surface area contributed by atoms with E-state index in [0.29, 0.717) is 12.4 Å². The highest BCUT2D eigenvalue weighted by Gasteiger charge is 2.12. The molecule has 0 fully saturated rings. The molecule has 0 saturated heterocycles. The van der Waals surface area contributed by atoms with Gasteiger partial charge in [-0.3, -0.25) is 4.68 Å². The summed E-state index contributed by atoms with van der Waals surface area (Å²) in [6.07, 6.45) is 4.44. The summed E-state index contributed by atoms with van der Waals surface area (Å²) in [5.41, 5.74) is 2.77. The predicted molar refractivity (Wildman–Crippen MR) is 74.3 cm³/mol. The van der Waals surface area contributed by atoms with E-state index in [9.17, 15) is 0 Å². The molecule has 3 heterocycles. The van der Waals surface area contributed by atoms with Crippen molar-refractivity contribution < 1.29 is 0 Å².